The molecule has 1 N–H and O–H groups in total. The van der Waals surface area contributed by atoms with Gasteiger partial charge in [0.1, 0.15) is 4.83 Å². The highest BCUT2D eigenvalue weighted by molar-refractivity contribution is 7.20. The molecule has 0 aliphatic carbocycles. The second-order valence-corrected chi connectivity index (χ2v) is 8.33. The number of esters is 2. The van der Waals surface area contributed by atoms with Crippen LogP contribution in [-0.4, -0.2) is 41.8 Å². The maximum Gasteiger partial charge on any atom is 0.337 e. The van der Waals surface area contributed by atoms with E-state index in [1.54, 1.807) is 6.07 Å². The number of thiophene rings is 1. The Bertz CT molecular complexity index is 1320. The first-order valence-electron chi connectivity index (χ1n) is 10.0. The number of nitrogens with zero attached hydrogens (tertiary/aromatic N) is 2. The Labute approximate surface area is 193 Å². The van der Waals surface area contributed by atoms with Gasteiger partial charge in [0.2, 0.25) is 0 Å². The van der Waals surface area contributed by atoms with Crippen LogP contribution in [0.1, 0.15) is 41.6 Å². The van der Waals surface area contributed by atoms with Crippen molar-refractivity contribution >= 4 is 45.1 Å². The van der Waals surface area contributed by atoms with Crippen molar-refractivity contribution in [2.45, 2.75) is 13.5 Å². The monoisotopic (exact) mass is 463 g/mol. The van der Waals surface area contributed by atoms with E-state index in [9.17, 15) is 14.4 Å². The molecule has 2 aromatic carbocycles. The predicted octanol–water partition coefficient (Wildman–Crippen LogP) is 4.28. The van der Waals surface area contributed by atoms with Crippen molar-refractivity contribution < 1.29 is 23.9 Å². The normalized spacial score (nSPS) is 10.8. The standard InChI is InChI=1S/C24H21N3O5S/c1-14-19-12-20(33-22(19)27(26-14)13-15-7-5-4-6-8-15)21(28)25-18-10-16(23(29)31-2)9-17(11-18)24(30)32-3/h4-12H,13H2,1-3H3,(H,25,28). The molecular weight excluding hydrogens is 442 g/mol. The van der Waals surface area contributed by atoms with Gasteiger partial charge in [-0.25, -0.2) is 9.59 Å². The van der Waals surface area contributed by atoms with Crippen LogP contribution in [0.25, 0.3) is 10.2 Å². The van der Waals surface area contributed by atoms with Crippen LogP contribution in [0.4, 0.5) is 5.69 Å². The molecule has 4 aromatic rings. The lowest BCUT2D eigenvalue weighted by molar-refractivity contribution is 0.0599. The number of ether oxygens (including phenoxy) is 2. The van der Waals surface area contributed by atoms with Gasteiger partial charge in [0.05, 0.1) is 42.5 Å². The maximum atomic E-state index is 13.0. The molecule has 0 aliphatic heterocycles. The van der Waals surface area contributed by atoms with Crippen LogP contribution in [0, 0.1) is 6.92 Å². The van der Waals surface area contributed by atoms with Gasteiger partial charge in [-0.2, -0.15) is 5.10 Å². The minimum atomic E-state index is -0.630. The summed E-state index contributed by atoms with van der Waals surface area (Å²) in [6.07, 6.45) is 0. The van der Waals surface area contributed by atoms with Gasteiger partial charge in [0, 0.05) is 11.1 Å². The number of carbonyl (C=O) groups is 3. The summed E-state index contributed by atoms with van der Waals surface area (Å²) in [4.78, 5) is 38.4. The molecule has 2 heterocycles. The van der Waals surface area contributed by atoms with Crippen LogP contribution in [0.5, 0.6) is 0 Å². The van der Waals surface area contributed by atoms with Crippen molar-refractivity contribution in [3.05, 3.63) is 81.9 Å². The average molecular weight is 464 g/mol. The lowest BCUT2D eigenvalue weighted by Crippen LogP contribution is -2.13. The van der Waals surface area contributed by atoms with E-state index in [-0.39, 0.29) is 22.7 Å². The van der Waals surface area contributed by atoms with E-state index in [1.165, 1.54) is 43.8 Å². The molecule has 0 spiro atoms. The molecule has 0 bridgehead atoms. The van der Waals surface area contributed by atoms with Crippen LogP contribution >= 0.6 is 11.3 Å². The van der Waals surface area contributed by atoms with Crippen molar-refractivity contribution in [1.29, 1.82) is 0 Å². The summed E-state index contributed by atoms with van der Waals surface area (Å²) in [5.74, 6) is -1.62. The van der Waals surface area contributed by atoms with E-state index in [4.69, 9.17) is 9.47 Å². The summed E-state index contributed by atoms with van der Waals surface area (Å²) >= 11 is 1.33. The van der Waals surface area contributed by atoms with E-state index >= 15 is 0 Å². The van der Waals surface area contributed by atoms with Crippen molar-refractivity contribution in [1.82, 2.24) is 9.78 Å². The van der Waals surface area contributed by atoms with Crippen LogP contribution in [-0.2, 0) is 16.0 Å². The number of fused-ring (bicyclic) bond motifs is 1. The number of aromatic nitrogens is 2. The summed E-state index contributed by atoms with van der Waals surface area (Å²) in [5, 5.41) is 8.27. The molecule has 1 amide bonds. The SMILES string of the molecule is COC(=O)c1cc(NC(=O)c2cc3c(C)nn(Cc4ccccc4)c3s2)cc(C(=O)OC)c1. The molecule has 0 atom stereocenters. The molecular formula is C24H21N3O5S. The van der Waals surface area contributed by atoms with Gasteiger partial charge in [-0.1, -0.05) is 30.3 Å². The first-order chi connectivity index (χ1) is 15.9. The number of amides is 1. The van der Waals surface area contributed by atoms with Crippen molar-refractivity contribution in [2.75, 3.05) is 19.5 Å². The van der Waals surface area contributed by atoms with Crippen molar-refractivity contribution in [3.63, 3.8) is 0 Å². The van der Waals surface area contributed by atoms with E-state index in [2.05, 4.69) is 10.4 Å². The van der Waals surface area contributed by atoms with Crippen LogP contribution in [0.3, 0.4) is 0 Å². The largest absolute Gasteiger partial charge is 0.465 e. The molecule has 168 valence electrons. The fourth-order valence-corrected chi connectivity index (χ4v) is 4.51. The first kappa shape index (κ1) is 22.2. The van der Waals surface area contributed by atoms with Crippen LogP contribution < -0.4 is 5.32 Å². The average Bonchev–Trinajstić information content (AvgIpc) is 3.39. The van der Waals surface area contributed by atoms with Gasteiger partial charge >= 0.3 is 11.9 Å². The number of hydrogen-bond donors (Lipinski definition) is 1. The van der Waals surface area contributed by atoms with E-state index in [1.807, 2.05) is 41.9 Å². The molecule has 0 aliphatic rings. The Balaban J connectivity index is 1.63. The fraction of sp³-hybridized carbons (Fsp3) is 0.167. The highest BCUT2D eigenvalue weighted by Gasteiger charge is 2.19. The Morgan fingerprint density at radius 3 is 2.21 bits per heavy atom. The number of rotatable bonds is 6. The number of nitrogens with one attached hydrogen (secondary N) is 1. The smallest absolute Gasteiger partial charge is 0.337 e. The lowest BCUT2D eigenvalue weighted by atomic mass is 10.1. The van der Waals surface area contributed by atoms with Gasteiger partial charge in [-0.15, -0.1) is 11.3 Å². The van der Waals surface area contributed by atoms with Crippen molar-refractivity contribution in [2.24, 2.45) is 0 Å². The quantitative estimate of drug-likeness (QED) is 0.429. The maximum absolute atomic E-state index is 13.0. The molecule has 0 fully saturated rings. The number of hydrogen-bond acceptors (Lipinski definition) is 7. The summed E-state index contributed by atoms with van der Waals surface area (Å²) < 4.78 is 11.4. The molecule has 4 rings (SSSR count). The highest BCUT2D eigenvalue weighted by Crippen LogP contribution is 2.30. The summed E-state index contributed by atoms with van der Waals surface area (Å²) in [7, 11) is 2.48. The molecule has 8 nitrogen and oxygen atoms in total. The van der Waals surface area contributed by atoms with E-state index in [0.29, 0.717) is 11.4 Å². The van der Waals surface area contributed by atoms with Crippen LogP contribution in [0.15, 0.2) is 54.6 Å². The molecule has 2 aromatic heterocycles. The Morgan fingerprint density at radius 2 is 1.61 bits per heavy atom. The topological polar surface area (TPSA) is 99.5 Å². The number of methoxy groups -OCH3 is 2. The van der Waals surface area contributed by atoms with E-state index < -0.39 is 11.9 Å². The van der Waals surface area contributed by atoms with Gasteiger partial charge < -0.3 is 14.8 Å². The predicted molar refractivity (Wildman–Crippen MR) is 125 cm³/mol. The Kier molecular flexibility index (Phi) is 6.23. The van der Waals surface area contributed by atoms with Gasteiger partial charge in [-0.05, 0) is 36.8 Å². The molecule has 0 unspecified atom stereocenters. The Hall–Kier alpha value is -3.98. The minimum absolute atomic E-state index is 0.126. The molecule has 0 radical (unpaired) electrons. The second kappa shape index (κ2) is 9.25. The van der Waals surface area contributed by atoms with E-state index in [0.717, 1.165) is 21.5 Å². The van der Waals surface area contributed by atoms with Gasteiger partial charge in [0.15, 0.2) is 0 Å². The molecule has 9 heteroatoms. The number of aryl methyl sites for hydroxylation is 1. The third kappa shape index (κ3) is 4.63. The zero-order valence-corrected chi connectivity index (χ0v) is 19.1. The third-order valence-corrected chi connectivity index (χ3v) is 6.19. The molecule has 0 saturated heterocycles. The number of anilines is 1. The van der Waals surface area contributed by atoms with Crippen LogP contribution in [0.2, 0.25) is 0 Å². The third-order valence-electron chi connectivity index (χ3n) is 5.04. The highest BCUT2D eigenvalue weighted by atomic mass is 32.1. The zero-order chi connectivity index (χ0) is 23.5. The summed E-state index contributed by atoms with van der Waals surface area (Å²) in [5.41, 5.74) is 2.47. The fourth-order valence-electron chi connectivity index (χ4n) is 3.45. The zero-order valence-electron chi connectivity index (χ0n) is 18.2. The number of carbonyl (C=O) groups excluding carboxylic acids is 3. The summed E-state index contributed by atoms with van der Waals surface area (Å²) in [6.45, 7) is 2.50. The number of benzene rings is 2. The van der Waals surface area contributed by atoms with Crippen molar-refractivity contribution in [3.8, 4) is 0 Å². The lowest BCUT2D eigenvalue weighted by Gasteiger charge is -2.09. The first-order valence-corrected chi connectivity index (χ1v) is 10.8. The van der Waals surface area contributed by atoms with Gasteiger partial charge in [-0.3, -0.25) is 9.48 Å². The minimum Gasteiger partial charge on any atom is -0.465 e. The molecule has 33 heavy (non-hydrogen) atoms. The Morgan fingerprint density at radius 1 is 0.970 bits per heavy atom. The second-order valence-electron chi connectivity index (χ2n) is 7.29. The summed E-state index contributed by atoms with van der Waals surface area (Å²) in [6, 6.07) is 16.0. The van der Waals surface area contributed by atoms with Gasteiger partial charge in [0.25, 0.3) is 5.91 Å². The molecule has 0 saturated carbocycles.